The van der Waals surface area contributed by atoms with Gasteiger partial charge in [-0.2, -0.15) is 0 Å². The molecule has 1 aromatic rings. The molecule has 1 N–H and O–H groups in total. The Morgan fingerprint density at radius 2 is 2.06 bits per heavy atom. The summed E-state index contributed by atoms with van der Waals surface area (Å²) in [6, 6.07) is 9.66. The first-order valence-corrected chi connectivity index (χ1v) is 6.66. The van der Waals surface area contributed by atoms with Crippen LogP contribution < -0.4 is 5.32 Å². The molecule has 0 amide bonds. The molecule has 0 saturated carbocycles. The molecule has 2 rings (SSSR count). The summed E-state index contributed by atoms with van der Waals surface area (Å²) in [5.74, 6) is 0. The van der Waals surface area contributed by atoms with Crippen LogP contribution in [0.2, 0.25) is 0 Å². The fourth-order valence-corrected chi connectivity index (χ4v) is 2.59. The van der Waals surface area contributed by atoms with Crippen LogP contribution in [0, 0.1) is 6.92 Å². The lowest BCUT2D eigenvalue weighted by Crippen LogP contribution is -2.32. The van der Waals surface area contributed by atoms with E-state index in [1.807, 2.05) is 0 Å². The van der Waals surface area contributed by atoms with Crippen molar-refractivity contribution >= 4 is 0 Å². The summed E-state index contributed by atoms with van der Waals surface area (Å²) in [7, 11) is 0. The number of hydrogen-bond donors (Lipinski definition) is 1. The minimum atomic E-state index is 0.430. The van der Waals surface area contributed by atoms with Crippen molar-refractivity contribution in [2.24, 2.45) is 0 Å². The number of rotatable bonds is 3. The first-order chi connectivity index (χ1) is 8.27. The average molecular weight is 233 g/mol. The zero-order valence-corrected chi connectivity index (χ0v) is 10.9. The second-order valence-corrected chi connectivity index (χ2v) is 4.99. The van der Waals surface area contributed by atoms with Gasteiger partial charge in [-0.3, -0.25) is 0 Å². The van der Waals surface area contributed by atoms with Gasteiger partial charge in [-0.15, -0.1) is 0 Å². The normalized spacial score (nSPS) is 23.1. The van der Waals surface area contributed by atoms with Crippen molar-refractivity contribution in [2.75, 3.05) is 13.2 Å². The van der Waals surface area contributed by atoms with E-state index in [1.54, 1.807) is 0 Å². The lowest BCUT2D eigenvalue weighted by molar-refractivity contribution is 0.142. The van der Waals surface area contributed by atoms with Crippen LogP contribution in [0.1, 0.15) is 43.4 Å². The molecule has 0 aromatic heterocycles. The monoisotopic (exact) mass is 233 g/mol. The Balaban J connectivity index is 1.96. The lowest BCUT2D eigenvalue weighted by Gasteiger charge is -2.23. The Bertz CT molecular complexity index is 343. The summed E-state index contributed by atoms with van der Waals surface area (Å²) in [5, 5.41) is 3.74. The van der Waals surface area contributed by atoms with Gasteiger partial charge in [-0.1, -0.05) is 24.3 Å². The third kappa shape index (κ3) is 3.55. The Hall–Kier alpha value is -0.860. The summed E-state index contributed by atoms with van der Waals surface area (Å²) in [4.78, 5) is 0. The molecule has 1 fully saturated rings. The quantitative estimate of drug-likeness (QED) is 0.865. The Kier molecular flexibility index (Phi) is 4.57. The van der Waals surface area contributed by atoms with Gasteiger partial charge in [0.15, 0.2) is 0 Å². The highest BCUT2D eigenvalue weighted by molar-refractivity contribution is 5.28. The molecule has 1 saturated heterocycles. The molecule has 0 spiro atoms. The number of aryl methyl sites for hydroxylation is 1. The molecule has 1 aliphatic rings. The molecule has 0 radical (unpaired) electrons. The van der Waals surface area contributed by atoms with Crippen molar-refractivity contribution in [1.82, 2.24) is 5.32 Å². The van der Waals surface area contributed by atoms with Crippen molar-refractivity contribution in [3.8, 4) is 0 Å². The van der Waals surface area contributed by atoms with E-state index >= 15 is 0 Å². The topological polar surface area (TPSA) is 21.3 Å². The van der Waals surface area contributed by atoms with Crippen molar-refractivity contribution < 1.29 is 4.74 Å². The van der Waals surface area contributed by atoms with Crippen molar-refractivity contribution in [3.05, 3.63) is 35.4 Å². The molecule has 1 unspecified atom stereocenters. The van der Waals surface area contributed by atoms with Crippen LogP contribution in [-0.4, -0.2) is 19.3 Å². The summed E-state index contributed by atoms with van der Waals surface area (Å²) in [6.45, 7) is 6.27. The highest BCUT2D eigenvalue weighted by Crippen LogP contribution is 2.19. The van der Waals surface area contributed by atoms with Gasteiger partial charge in [0.1, 0.15) is 0 Å². The predicted octanol–water partition coefficient (Wildman–Crippen LogP) is 3.21. The third-order valence-electron chi connectivity index (χ3n) is 3.59. The van der Waals surface area contributed by atoms with Crippen LogP contribution in [0.3, 0.4) is 0 Å². The van der Waals surface area contributed by atoms with E-state index in [1.165, 1.54) is 24.0 Å². The van der Waals surface area contributed by atoms with Gasteiger partial charge in [0.25, 0.3) is 0 Å². The molecular weight excluding hydrogens is 210 g/mol. The van der Waals surface area contributed by atoms with Crippen molar-refractivity contribution in [1.29, 1.82) is 0 Å². The Labute approximate surface area is 104 Å². The van der Waals surface area contributed by atoms with E-state index in [2.05, 4.69) is 43.4 Å². The maximum absolute atomic E-state index is 5.50. The van der Waals surface area contributed by atoms with Gasteiger partial charge < -0.3 is 10.1 Å². The number of benzene rings is 1. The average Bonchev–Trinajstić information content (AvgIpc) is 2.58. The smallest absolute Gasteiger partial charge is 0.0480 e. The van der Waals surface area contributed by atoms with Crippen molar-refractivity contribution in [2.45, 2.75) is 45.2 Å². The fraction of sp³-hybridized carbons (Fsp3) is 0.600. The van der Waals surface area contributed by atoms with Gasteiger partial charge in [-0.25, -0.2) is 0 Å². The highest BCUT2D eigenvalue weighted by Gasteiger charge is 2.16. The van der Waals surface area contributed by atoms with E-state index in [0.717, 1.165) is 19.6 Å². The van der Waals surface area contributed by atoms with Crippen LogP contribution in [0.5, 0.6) is 0 Å². The molecular formula is C15H23NO. The number of nitrogens with one attached hydrogen (secondary N) is 1. The zero-order chi connectivity index (χ0) is 12.1. The third-order valence-corrected chi connectivity index (χ3v) is 3.59. The number of hydrogen-bond acceptors (Lipinski definition) is 2. The largest absolute Gasteiger partial charge is 0.381 e. The SMILES string of the molecule is Cc1ccccc1[C@@H](C)NC1CCCOCC1. The van der Waals surface area contributed by atoms with E-state index in [4.69, 9.17) is 4.74 Å². The van der Waals surface area contributed by atoms with Gasteiger partial charge >= 0.3 is 0 Å². The van der Waals surface area contributed by atoms with Gasteiger partial charge in [-0.05, 0) is 44.2 Å². The summed E-state index contributed by atoms with van der Waals surface area (Å²) >= 11 is 0. The van der Waals surface area contributed by atoms with Gasteiger partial charge in [0, 0.05) is 25.3 Å². The Morgan fingerprint density at radius 1 is 1.24 bits per heavy atom. The molecule has 1 heterocycles. The molecule has 1 aromatic carbocycles. The van der Waals surface area contributed by atoms with Gasteiger partial charge in [0.2, 0.25) is 0 Å². The lowest BCUT2D eigenvalue weighted by atomic mass is 10.0. The first kappa shape index (κ1) is 12.6. The van der Waals surface area contributed by atoms with Crippen LogP contribution in [-0.2, 0) is 4.74 Å². The van der Waals surface area contributed by atoms with Crippen LogP contribution in [0.15, 0.2) is 24.3 Å². The molecule has 2 nitrogen and oxygen atoms in total. The molecule has 94 valence electrons. The summed E-state index contributed by atoms with van der Waals surface area (Å²) < 4.78 is 5.50. The molecule has 0 bridgehead atoms. The molecule has 1 aliphatic heterocycles. The molecule has 2 atom stereocenters. The maximum Gasteiger partial charge on any atom is 0.0480 e. The summed E-state index contributed by atoms with van der Waals surface area (Å²) in [5.41, 5.74) is 2.79. The zero-order valence-electron chi connectivity index (χ0n) is 10.9. The second kappa shape index (κ2) is 6.18. The fourth-order valence-electron chi connectivity index (χ4n) is 2.59. The Morgan fingerprint density at radius 3 is 2.88 bits per heavy atom. The first-order valence-electron chi connectivity index (χ1n) is 6.66. The minimum Gasteiger partial charge on any atom is -0.381 e. The van der Waals surface area contributed by atoms with E-state index in [-0.39, 0.29) is 0 Å². The molecule has 2 heteroatoms. The van der Waals surface area contributed by atoms with Crippen LogP contribution >= 0.6 is 0 Å². The van der Waals surface area contributed by atoms with E-state index in [9.17, 15) is 0 Å². The molecule has 17 heavy (non-hydrogen) atoms. The molecule has 0 aliphatic carbocycles. The van der Waals surface area contributed by atoms with Gasteiger partial charge in [0.05, 0.1) is 0 Å². The second-order valence-electron chi connectivity index (χ2n) is 4.99. The van der Waals surface area contributed by atoms with Crippen LogP contribution in [0.4, 0.5) is 0 Å². The minimum absolute atomic E-state index is 0.430. The highest BCUT2D eigenvalue weighted by atomic mass is 16.5. The maximum atomic E-state index is 5.50. The number of ether oxygens (including phenoxy) is 1. The van der Waals surface area contributed by atoms with Crippen molar-refractivity contribution in [3.63, 3.8) is 0 Å². The van der Waals surface area contributed by atoms with E-state index in [0.29, 0.717) is 12.1 Å². The standard InChI is InChI=1S/C15H23NO/c1-12-6-3-4-8-15(12)13(2)16-14-7-5-10-17-11-9-14/h3-4,6,8,13-14,16H,5,7,9-11H2,1-2H3/t13-,14?/m1/s1. The van der Waals surface area contributed by atoms with E-state index < -0.39 is 0 Å². The summed E-state index contributed by atoms with van der Waals surface area (Å²) in [6.07, 6.45) is 3.55. The van der Waals surface area contributed by atoms with Crippen LogP contribution in [0.25, 0.3) is 0 Å². The predicted molar refractivity (Wildman–Crippen MR) is 71.2 cm³/mol.